The Bertz CT molecular complexity index is 315. The number of benzene rings is 1. The van der Waals surface area contributed by atoms with Crippen LogP contribution in [0.5, 0.6) is 0 Å². The van der Waals surface area contributed by atoms with Gasteiger partial charge < -0.3 is 0 Å². The summed E-state index contributed by atoms with van der Waals surface area (Å²) in [7, 11) is 0. The van der Waals surface area contributed by atoms with E-state index in [-0.39, 0.29) is 0 Å². The van der Waals surface area contributed by atoms with Gasteiger partial charge in [0.1, 0.15) is 0 Å². The molecule has 0 radical (unpaired) electrons. The van der Waals surface area contributed by atoms with Gasteiger partial charge in [-0.2, -0.15) is 0 Å². The van der Waals surface area contributed by atoms with Crippen molar-refractivity contribution < 1.29 is 0 Å². The van der Waals surface area contributed by atoms with Gasteiger partial charge >= 0.3 is 0 Å². The number of hydrogen-bond acceptors (Lipinski definition) is 1. The van der Waals surface area contributed by atoms with Crippen molar-refractivity contribution in [2.75, 3.05) is 0 Å². The Morgan fingerprint density at radius 1 is 1.36 bits per heavy atom. The summed E-state index contributed by atoms with van der Waals surface area (Å²) < 4.78 is 0. The zero-order chi connectivity index (χ0) is 8.27. The fraction of sp³-hybridized carbons (Fsp3) is 0.200. The highest BCUT2D eigenvalue weighted by molar-refractivity contribution is 7.80. The Morgan fingerprint density at radius 2 is 2.09 bits per heavy atom. The van der Waals surface area contributed by atoms with Gasteiger partial charge in [-0.1, -0.05) is 12.0 Å². The lowest BCUT2D eigenvalue weighted by Gasteiger charge is -1.97. The van der Waals surface area contributed by atoms with Crippen LogP contribution in [0.3, 0.4) is 0 Å². The van der Waals surface area contributed by atoms with Crippen molar-refractivity contribution in [3.8, 4) is 11.8 Å². The molecule has 0 bridgehead atoms. The average Bonchev–Trinajstić information content (AvgIpc) is 1.98. The van der Waals surface area contributed by atoms with E-state index in [0.29, 0.717) is 0 Å². The third-order valence-corrected chi connectivity index (χ3v) is 1.76. The molecule has 0 saturated heterocycles. The standard InChI is InChI=1S/C10H10S/c1-3-4-9-7-10(11)6-5-8(9)2/h5-7,11H,1-2H3. The molecule has 0 atom stereocenters. The first-order valence-electron chi connectivity index (χ1n) is 3.46. The Balaban J connectivity index is 3.19. The minimum atomic E-state index is 0.966. The average molecular weight is 162 g/mol. The fourth-order valence-electron chi connectivity index (χ4n) is 0.879. The minimum absolute atomic E-state index is 0.966. The Kier molecular flexibility index (Phi) is 2.62. The van der Waals surface area contributed by atoms with Crippen molar-refractivity contribution in [1.29, 1.82) is 0 Å². The number of hydrogen-bond donors (Lipinski definition) is 1. The van der Waals surface area contributed by atoms with Gasteiger partial charge in [-0.15, -0.1) is 18.5 Å². The Morgan fingerprint density at radius 3 is 2.73 bits per heavy atom. The van der Waals surface area contributed by atoms with Gasteiger partial charge in [0.25, 0.3) is 0 Å². The van der Waals surface area contributed by atoms with E-state index < -0.39 is 0 Å². The minimum Gasteiger partial charge on any atom is -0.143 e. The maximum Gasteiger partial charge on any atom is 0.0285 e. The second-order valence-corrected chi connectivity index (χ2v) is 2.89. The first kappa shape index (κ1) is 8.23. The van der Waals surface area contributed by atoms with E-state index in [1.807, 2.05) is 32.0 Å². The summed E-state index contributed by atoms with van der Waals surface area (Å²) in [4.78, 5) is 0.966. The molecule has 0 fully saturated rings. The molecule has 0 N–H and O–H groups in total. The normalized spacial score (nSPS) is 8.64. The molecule has 11 heavy (non-hydrogen) atoms. The van der Waals surface area contributed by atoms with Gasteiger partial charge in [0.15, 0.2) is 0 Å². The monoisotopic (exact) mass is 162 g/mol. The lowest BCUT2D eigenvalue weighted by atomic mass is 10.1. The van der Waals surface area contributed by atoms with Crippen LogP contribution in [0.15, 0.2) is 23.1 Å². The second kappa shape index (κ2) is 3.50. The maximum absolute atomic E-state index is 4.23. The Hall–Kier alpha value is -0.870. The van der Waals surface area contributed by atoms with E-state index in [9.17, 15) is 0 Å². The Labute approximate surface area is 73.0 Å². The van der Waals surface area contributed by atoms with Crippen LogP contribution in [-0.2, 0) is 0 Å². The third kappa shape index (κ3) is 2.03. The van der Waals surface area contributed by atoms with Crippen LogP contribution in [0.2, 0.25) is 0 Å². The molecule has 0 nitrogen and oxygen atoms in total. The molecule has 0 amide bonds. The summed E-state index contributed by atoms with van der Waals surface area (Å²) in [6.45, 7) is 3.89. The highest BCUT2D eigenvalue weighted by Gasteiger charge is 1.93. The van der Waals surface area contributed by atoms with Crippen LogP contribution in [-0.4, -0.2) is 0 Å². The number of thiol groups is 1. The first-order chi connectivity index (χ1) is 5.24. The van der Waals surface area contributed by atoms with Gasteiger partial charge in [0.2, 0.25) is 0 Å². The smallest absolute Gasteiger partial charge is 0.0285 e. The van der Waals surface area contributed by atoms with Gasteiger partial charge in [-0.3, -0.25) is 0 Å². The zero-order valence-corrected chi connectivity index (χ0v) is 7.57. The van der Waals surface area contributed by atoms with Crippen LogP contribution in [0.1, 0.15) is 18.1 Å². The van der Waals surface area contributed by atoms with Gasteiger partial charge in [0.05, 0.1) is 0 Å². The summed E-state index contributed by atoms with van der Waals surface area (Å²) in [5.41, 5.74) is 2.28. The van der Waals surface area contributed by atoms with Crippen LogP contribution < -0.4 is 0 Å². The van der Waals surface area contributed by atoms with E-state index in [4.69, 9.17) is 0 Å². The van der Waals surface area contributed by atoms with Gasteiger partial charge in [0, 0.05) is 10.5 Å². The molecule has 0 aromatic heterocycles. The summed E-state index contributed by atoms with van der Waals surface area (Å²) in [5, 5.41) is 0. The summed E-state index contributed by atoms with van der Waals surface area (Å²) in [6, 6.07) is 5.98. The van der Waals surface area contributed by atoms with Gasteiger partial charge in [-0.05, 0) is 31.5 Å². The zero-order valence-electron chi connectivity index (χ0n) is 6.68. The van der Waals surface area contributed by atoms with Crippen LogP contribution >= 0.6 is 12.6 Å². The molecule has 0 aliphatic heterocycles. The number of rotatable bonds is 0. The van der Waals surface area contributed by atoms with E-state index in [1.54, 1.807) is 0 Å². The molecule has 0 spiro atoms. The van der Waals surface area contributed by atoms with Crippen molar-refractivity contribution in [1.82, 2.24) is 0 Å². The molecule has 0 aliphatic rings. The van der Waals surface area contributed by atoms with Crippen LogP contribution in [0, 0.1) is 18.8 Å². The molecule has 0 aliphatic carbocycles. The molecule has 1 aromatic rings. The lowest BCUT2D eigenvalue weighted by Crippen LogP contribution is -1.80. The topological polar surface area (TPSA) is 0 Å². The predicted molar refractivity (Wildman–Crippen MR) is 51.0 cm³/mol. The molecule has 56 valence electrons. The van der Waals surface area contributed by atoms with Crippen molar-refractivity contribution in [3.05, 3.63) is 29.3 Å². The van der Waals surface area contributed by atoms with E-state index in [1.165, 1.54) is 5.56 Å². The van der Waals surface area contributed by atoms with E-state index in [0.717, 1.165) is 10.5 Å². The summed E-state index contributed by atoms with van der Waals surface area (Å²) >= 11 is 4.23. The van der Waals surface area contributed by atoms with Crippen LogP contribution in [0.4, 0.5) is 0 Å². The molecule has 0 unspecified atom stereocenters. The predicted octanol–water partition coefficient (Wildman–Crippen LogP) is 2.66. The van der Waals surface area contributed by atoms with Crippen molar-refractivity contribution >= 4 is 12.6 Å². The molecular weight excluding hydrogens is 152 g/mol. The largest absolute Gasteiger partial charge is 0.143 e. The quantitative estimate of drug-likeness (QED) is 0.440. The molecule has 1 aromatic carbocycles. The van der Waals surface area contributed by atoms with Crippen molar-refractivity contribution in [2.24, 2.45) is 0 Å². The van der Waals surface area contributed by atoms with Gasteiger partial charge in [-0.25, -0.2) is 0 Å². The molecule has 1 heteroatoms. The lowest BCUT2D eigenvalue weighted by molar-refractivity contribution is 1.35. The van der Waals surface area contributed by atoms with Crippen molar-refractivity contribution in [2.45, 2.75) is 18.7 Å². The summed E-state index contributed by atoms with van der Waals surface area (Å²) in [5.74, 6) is 5.89. The molecule has 1 rings (SSSR count). The SMILES string of the molecule is CC#Cc1cc(S)ccc1C. The summed E-state index contributed by atoms with van der Waals surface area (Å²) in [6.07, 6.45) is 0. The first-order valence-corrected chi connectivity index (χ1v) is 3.91. The molecule has 0 heterocycles. The second-order valence-electron chi connectivity index (χ2n) is 2.37. The van der Waals surface area contributed by atoms with Crippen molar-refractivity contribution in [3.63, 3.8) is 0 Å². The fourth-order valence-corrected chi connectivity index (χ4v) is 1.08. The third-order valence-electron chi connectivity index (χ3n) is 1.48. The highest BCUT2D eigenvalue weighted by atomic mass is 32.1. The molecular formula is C10H10S. The molecule has 0 saturated carbocycles. The highest BCUT2D eigenvalue weighted by Crippen LogP contribution is 2.12. The maximum atomic E-state index is 4.23. The number of aryl methyl sites for hydroxylation is 1. The van der Waals surface area contributed by atoms with Crippen LogP contribution in [0.25, 0.3) is 0 Å². The van der Waals surface area contributed by atoms with E-state index >= 15 is 0 Å². The van der Waals surface area contributed by atoms with E-state index in [2.05, 4.69) is 24.5 Å².